The SMILES string of the molecule is C[C@]12C[C@H]1C=C1c3ccccc3OC[C@@H]12. The molecule has 0 unspecified atom stereocenters. The van der Waals surface area contributed by atoms with Gasteiger partial charge in [0.05, 0.1) is 6.61 Å². The lowest BCUT2D eigenvalue weighted by molar-refractivity contribution is 0.220. The maximum Gasteiger partial charge on any atom is 0.126 e. The predicted molar refractivity (Wildman–Crippen MR) is 59.6 cm³/mol. The molecule has 2 aliphatic carbocycles. The van der Waals surface area contributed by atoms with Gasteiger partial charge in [0.2, 0.25) is 0 Å². The summed E-state index contributed by atoms with van der Waals surface area (Å²) in [5, 5.41) is 0. The number of fused-ring (bicyclic) bond motifs is 5. The van der Waals surface area contributed by atoms with Crippen LogP contribution >= 0.6 is 0 Å². The molecule has 0 radical (unpaired) electrons. The number of allylic oxidation sites excluding steroid dienone is 1. The lowest BCUT2D eigenvalue weighted by atomic mass is 9.83. The Hall–Kier alpha value is -1.24. The largest absolute Gasteiger partial charge is 0.492 e. The van der Waals surface area contributed by atoms with E-state index in [2.05, 4.69) is 37.3 Å². The van der Waals surface area contributed by atoms with E-state index in [4.69, 9.17) is 4.74 Å². The van der Waals surface area contributed by atoms with Crippen molar-refractivity contribution in [3.63, 3.8) is 0 Å². The van der Waals surface area contributed by atoms with E-state index in [1.54, 1.807) is 5.57 Å². The van der Waals surface area contributed by atoms with Crippen LogP contribution in [0.15, 0.2) is 30.3 Å². The van der Waals surface area contributed by atoms with Crippen LogP contribution in [0.2, 0.25) is 0 Å². The first kappa shape index (κ1) is 7.98. The number of rotatable bonds is 0. The van der Waals surface area contributed by atoms with Crippen molar-refractivity contribution < 1.29 is 4.74 Å². The third kappa shape index (κ3) is 0.847. The van der Waals surface area contributed by atoms with Crippen LogP contribution in [0.1, 0.15) is 18.9 Å². The molecule has 0 amide bonds. The molecule has 1 nitrogen and oxygen atoms in total. The van der Waals surface area contributed by atoms with E-state index in [9.17, 15) is 0 Å². The molecule has 0 bridgehead atoms. The normalized spacial score (nSPS) is 39.7. The fourth-order valence-corrected chi connectivity index (χ4v) is 3.31. The molecule has 1 fully saturated rings. The van der Waals surface area contributed by atoms with Gasteiger partial charge in [0.25, 0.3) is 0 Å². The van der Waals surface area contributed by atoms with Gasteiger partial charge in [-0.25, -0.2) is 0 Å². The van der Waals surface area contributed by atoms with Crippen LogP contribution in [0.25, 0.3) is 5.57 Å². The monoisotopic (exact) mass is 198 g/mol. The summed E-state index contributed by atoms with van der Waals surface area (Å²) in [4.78, 5) is 0. The third-order valence-corrected chi connectivity index (χ3v) is 4.50. The van der Waals surface area contributed by atoms with Crippen molar-refractivity contribution in [2.24, 2.45) is 17.3 Å². The molecular weight excluding hydrogens is 184 g/mol. The highest BCUT2D eigenvalue weighted by molar-refractivity contribution is 5.78. The Bertz CT molecular complexity index is 474. The Morgan fingerprint density at radius 2 is 2.20 bits per heavy atom. The van der Waals surface area contributed by atoms with Crippen molar-refractivity contribution in [3.05, 3.63) is 35.9 Å². The van der Waals surface area contributed by atoms with E-state index in [1.807, 2.05) is 0 Å². The lowest BCUT2D eigenvalue weighted by Gasteiger charge is -2.29. The maximum atomic E-state index is 5.86. The first-order chi connectivity index (χ1) is 7.29. The van der Waals surface area contributed by atoms with Gasteiger partial charge in [-0.15, -0.1) is 0 Å². The minimum Gasteiger partial charge on any atom is -0.492 e. The number of benzene rings is 1. The highest BCUT2D eigenvalue weighted by atomic mass is 16.5. The molecular formula is C14H14O. The summed E-state index contributed by atoms with van der Waals surface area (Å²) in [5.41, 5.74) is 3.42. The third-order valence-electron chi connectivity index (χ3n) is 4.50. The molecule has 1 heteroatoms. The van der Waals surface area contributed by atoms with Gasteiger partial charge in [-0.1, -0.05) is 31.2 Å². The molecule has 4 rings (SSSR count). The van der Waals surface area contributed by atoms with Crippen molar-refractivity contribution in [3.8, 4) is 5.75 Å². The van der Waals surface area contributed by atoms with E-state index >= 15 is 0 Å². The second-order valence-corrected chi connectivity index (χ2v) is 5.30. The molecule has 1 aliphatic heterocycles. The summed E-state index contributed by atoms with van der Waals surface area (Å²) >= 11 is 0. The van der Waals surface area contributed by atoms with Gasteiger partial charge in [0, 0.05) is 11.5 Å². The molecule has 0 saturated heterocycles. The van der Waals surface area contributed by atoms with Crippen LogP contribution in [0.5, 0.6) is 5.75 Å². The molecule has 0 aromatic heterocycles. The molecule has 0 spiro atoms. The van der Waals surface area contributed by atoms with Crippen molar-refractivity contribution >= 4 is 5.57 Å². The van der Waals surface area contributed by atoms with E-state index in [0.29, 0.717) is 11.3 Å². The Morgan fingerprint density at radius 1 is 1.33 bits per heavy atom. The summed E-state index contributed by atoms with van der Waals surface area (Å²) in [6.45, 7) is 3.29. The number of hydrogen-bond donors (Lipinski definition) is 0. The molecule has 1 heterocycles. The molecule has 0 N–H and O–H groups in total. The molecule has 3 aliphatic rings. The molecule has 76 valence electrons. The summed E-state index contributed by atoms with van der Waals surface area (Å²) in [7, 11) is 0. The van der Waals surface area contributed by atoms with Gasteiger partial charge in [-0.2, -0.15) is 0 Å². The average Bonchev–Trinajstić information content (AvgIpc) is 2.83. The molecule has 15 heavy (non-hydrogen) atoms. The Labute approximate surface area is 89.8 Å². The van der Waals surface area contributed by atoms with Crippen LogP contribution < -0.4 is 4.74 Å². The molecule has 1 aromatic rings. The van der Waals surface area contributed by atoms with Crippen LogP contribution in [0.3, 0.4) is 0 Å². The first-order valence-electron chi connectivity index (χ1n) is 5.73. The zero-order chi connectivity index (χ0) is 10.0. The topological polar surface area (TPSA) is 9.23 Å². The fourth-order valence-electron chi connectivity index (χ4n) is 3.31. The van der Waals surface area contributed by atoms with Gasteiger partial charge in [0.15, 0.2) is 0 Å². The summed E-state index contributed by atoms with van der Waals surface area (Å²) in [6.07, 6.45) is 3.86. The quantitative estimate of drug-likeness (QED) is 0.622. The Balaban J connectivity index is 1.89. The van der Waals surface area contributed by atoms with Crippen molar-refractivity contribution in [2.45, 2.75) is 13.3 Å². The summed E-state index contributed by atoms with van der Waals surface area (Å²) in [5.74, 6) is 2.55. The zero-order valence-corrected chi connectivity index (χ0v) is 8.86. The minimum absolute atomic E-state index is 0.531. The van der Waals surface area contributed by atoms with Crippen molar-refractivity contribution in [2.75, 3.05) is 6.61 Å². The van der Waals surface area contributed by atoms with Crippen molar-refractivity contribution in [1.29, 1.82) is 0 Å². The first-order valence-corrected chi connectivity index (χ1v) is 5.73. The van der Waals surface area contributed by atoms with Gasteiger partial charge in [-0.05, 0) is 29.4 Å². The van der Waals surface area contributed by atoms with Gasteiger partial charge >= 0.3 is 0 Å². The van der Waals surface area contributed by atoms with Gasteiger partial charge < -0.3 is 4.74 Å². The minimum atomic E-state index is 0.531. The molecule has 1 saturated carbocycles. The highest BCUT2D eigenvalue weighted by Crippen LogP contribution is 2.68. The second-order valence-electron chi connectivity index (χ2n) is 5.30. The maximum absolute atomic E-state index is 5.86. The zero-order valence-electron chi connectivity index (χ0n) is 8.86. The van der Waals surface area contributed by atoms with Crippen LogP contribution in [-0.2, 0) is 0 Å². The van der Waals surface area contributed by atoms with Crippen LogP contribution in [0, 0.1) is 17.3 Å². The highest BCUT2D eigenvalue weighted by Gasteiger charge is 2.60. The smallest absolute Gasteiger partial charge is 0.126 e. The number of ether oxygens (including phenoxy) is 1. The fraction of sp³-hybridized carbons (Fsp3) is 0.429. The van der Waals surface area contributed by atoms with Gasteiger partial charge in [0.1, 0.15) is 5.75 Å². The van der Waals surface area contributed by atoms with Crippen LogP contribution in [-0.4, -0.2) is 6.61 Å². The van der Waals surface area contributed by atoms with E-state index in [0.717, 1.165) is 18.3 Å². The second kappa shape index (κ2) is 2.29. The van der Waals surface area contributed by atoms with Gasteiger partial charge in [-0.3, -0.25) is 0 Å². The van der Waals surface area contributed by atoms with Crippen LogP contribution in [0.4, 0.5) is 0 Å². The standard InChI is InChI=1S/C14H14O/c1-14-7-9(14)6-11-10-4-2-3-5-13(10)15-8-12(11)14/h2-6,9,12H,7-8H2,1H3/t9-,12+,14+/m1/s1. The molecule has 3 atom stereocenters. The summed E-state index contributed by atoms with van der Waals surface area (Å²) in [6, 6.07) is 8.44. The lowest BCUT2D eigenvalue weighted by Crippen LogP contribution is -2.24. The van der Waals surface area contributed by atoms with Crippen molar-refractivity contribution in [1.82, 2.24) is 0 Å². The van der Waals surface area contributed by atoms with E-state index in [1.165, 1.54) is 12.0 Å². The number of hydrogen-bond acceptors (Lipinski definition) is 1. The van der Waals surface area contributed by atoms with E-state index < -0.39 is 0 Å². The number of para-hydroxylation sites is 1. The predicted octanol–water partition coefficient (Wildman–Crippen LogP) is 3.12. The molecule has 1 aromatic carbocycles. The van der Waals surface area contributed by atoms with E-state index in [-0.39, 0.29) is 0 Å². The Morgan fingerprint density at radius 3 is 3.13 bits per heavy atom. The average molecular weight is 198 g/mol. The Kier molecular flexibility index (Phi) is 1.22. The summed E-state index contributed by atoms with van der Waals surface area (Å²) < 4.78 is 5.86.